The lowest BCUT2D eigenvalue weighted by molar-refractivity contribution is -0.133. The molecule has 0 atom stereocenters. The zero-order valence-electron chi connectivity index (χ0n) is 11.9. The highest BCUT2D eigenvalue weighted by molar-refractivity contribution is 5.76. The first kappa shape index (κ1) is 13.9. The average Bonchev–Trinajstić information content (AvgIpc) is 2.46. The molecule has 0 spiro atoms. The van der Waals surface area contributed by atoms with Crippen molar-refractivity contribution in [1.82, 2.24) is 9.80 Å². The Morgan fingerprint density at radius 2 is 1.72 bits per heavy atom. The van der Waals surface area contributed by atoms with Crippen LogP contribution in [0.3, 0.4) is 0 Å². The molecule has 2 aliphatic rings. The first-order valence-corrected chi connectivity index (χ1v) is 7.79. The third-order valence-corrected chi connectivity index (χ3v) is 4.64. The molecule has 2 rings (SSSR count). The molecule has 2 aliphatic heterocycles. The van der Waals surface area contributed by atoms with Crippen LogP contribution in [0.1, 0.15) is 51.9 Å². The zero-order valence-corrected chi connectivity index (χ0v) is 11.9. The maximum Gasteiger partial charge on any atom is 0.223 e. The lowest BCUT2D eigenvalue weighted by Gasteiger charge is -2.32. The Kier molecular flexibility index (Phi) is 5.48. The summed E-state index contributed by atoms with van der Waals surface area (Å²) < 4.78 is 0. The quantitative estimate of drug-likeness (QED) is 0.767. The van der Waals surface area contributed by atoms with Crippen LogP contribution >= 0.6 is 0 Å². The Morgan fingerprint density at radius 3 is 2.33 bits per heavy atom. The predicted octanol–water partition coefficient (Wildman–Crippen LogP) is 2.51. The van der Waals surface area contributed by atoms with Gasteiger partial charge in [0.25, 0.3) is 0 Å². The van der Waals surface area contributed by atoms with E-state index in [-0.39, 0.29) is 0 Å². The fourth-order valence-corrected chi connectivity index (χ4v) is 3.19. The van der Waals surface area contributed by atoms with Crippen molar-refractivity contribution < 1.29 is 4.79 Å². The van der Waals surface area contributed by atoms with E-state index in [1.54, 1.807) is 0 Å². The average molecular weight is 252 g/mol. The summed E-state index contributed by atoms with van der Waals surface area (Å²) in [6, 6.07) is 0. The number of nitrogens with zero attached hydrogens (tertiary/aromatic N) is 2. The minimum absolute atomic E-state index is 0.384. The lowest BCUT2D eigenvalue weighted by atomic mass is 9.94. The highest BCUT2D eigenvalue weighted by Gasteiger charge is 2.22. The molecule has 0 aliphatic carbocycles. The van der Waals surface area contributed by atoms with E-state index in [2.05, 4.69) is 16.7 Å². The summed E-state index contributed by atoms with van der Waals surface area (Å²) in [6.45, 7) is 7.64. The van der Waals surface area contributed by atoms with Gasteiger partial charge in [0, 0.05) is 26.1 Å². The Labute approximate surface area is 112 Å². The molecule has 0 N–H and O–H groups in total. The van der Waals surface area contributed by atoms with Crippen LogP contribution in [0.4, 0.5) is 0 Å². The highest BCUT2D eigenvalue weighted by atomic mass is 16.2. The highest BCUT2D eigenvalue weighted by Crippen LogP contribution is 2.20. The standard InChI is InChI=1S/C15H28N2O/c1-2-14-6-12-17(13-7-14)15(18)8-11-16-9-4-3-5-10-16/h14H,2-13H2,1H3. The van der Waals surface area contributed by atoms with Gasteiger partial charge in [-0.15, -0.1) is 0 Å². The maximum atomic E-state index is 12.1. The first-order valence-electron chi connectivity index (χ1n) is 7.79. The third kappa shape index (κ3) is 3.98. The Morgan fingerprint density at radius 1 is 1.06 bits per heavy atom. The number of amides is 1. The van der Waals surface area contributed by atoms with Crippen LogP contribution in [-0.4, -0.2) is 48.4 Å². The van der Waals surface area contributed by atoms with Gasteiger partial charge < -0.3 is 9.80 Å². The van der Waals surface area contributed by atoms with Crippen molar-refractivity contribution >= 4 is 5.91 Å². The van der Waals surface area contributed by atoms with Crippen molar-refractivity contribution in [3.8, 4) is 0 Å². The summed E-state index contributed by atoms with van der Waals surface area (Å²) in [4.78, 5) is 16.7. The van der Waals surface area contributed by atoms with Gasteiger partial charge in [-0.1, -0.05) is 19.8 Å². The van der Waals surface area contributed by atoms with Gasteiger partial charge in [-0.25, -0.2) is 0 Å². The van der Waals surface area contributed by atoms with E-state index in [0.29, 0.717) is 5.91 Å². The van der Waals surface area contributed by atoms with E-state index in [1.807, 2.05) is 0 Å². The van der Waals surface area contributed by atoms with Crippen LogP contribution < -0.4 is 0 Å². The molecule has 18 heavy (non-hydrogen) atoms. The second-order valence-electron chi connectivity index (χ2n) is 5.88. The summed E-state index contributed by atoms with van der Waals surface area (Å²) in [6.07, 6.45) is 8.44. The number of carbonyl (C=O) groups excluding carboxylic acids is 1. The van der Waals surface area contributed by atoms with Crippen LogP contribution in [0, 0.1) is 5.92 Å². The fraction of sp³-hybridized carbons (Fsp3) is 0.933. The number of likely N-dealkylation sites (tertiary alicyclic amines) is 2. The van der Waals surface area contributed by atoms with Crippen LogP contribution in [-0.2, 0) is 4.79 Å². The number of hydrogen-bond donors (Lipinski definition) is 0. The predicted molar refractivity (Wildman–Crippen MR) is 74.5 cm³/mol. The molecule has 0 saturated carbocycles. The number of carbonyl (C=O) groups is 1. The van der Waals surface area contributed by atoms with E-state index < -0.39 is 0 Å². The van der Waals surface area contributed by atoms with Crippen molar-refractivity contribution in [2.24, 2.45) is 5.92 Å². The Bertz CT molecular complexity index is 253. The normalized spacial score (nSPS) is 23.3. The summed E-state index contributed by atoms with van der Waals surface area (Å²) in [5, 5.41) is 0. The van der Waals surface area contributed by atoms with Crippen LogP contribution in [0.2, 0.25) is 0 Å². The van der Waals surface area contributed by atoms with Gasteiger partial charge in [-0.05, 0) is 44.7 Å². The van der Waals surface area contributed by atoms with Crippen LogP contribution in [0.15, 0.2) is 0 Å². The van der Waals surface area contributed by atoms with Crippen molar-refractivity contribution in [3.63, 3.8) is 0 Å². The van der Waals surface area contributed by atoms with Gasteiger partial charge in [-0.2, -0.15) is 0 Å². The van der Waals surface area contributed by atoms with Crippen LogP contribution in [0.25, 0.3) is 0 Å². The Balaban J connectivity index is 1.65. The van der Waals surface area contributed by atoms with Gasteiger partial charge in [-0.3, -0.25) is 4.79 Å². The van der Waals surface area contributed by atoms with Gasteiger partial charge in [0.05, 0.1) is 0 Å². The number of hydrogen-bond acceptors (Lipinski definition) is 2. The molecule has 1 amide bonds. The van der Waals surface area contributed by atoms with Crippen molar-refractivity contribution in [3.05, 3.63) is 0 Å². The molecule has 3 nitrogen and oxygen atoms in total. The molecule has 0 unspecified atom stereocenters. The number of rotatable bonds is 4. The van der Waals surface area contributed by atoms with E-state index in [0.717, 1.165) is 32.0 Å². The van der Waals surface area contributed by atoms with Gasteiger partial charge in [0.15, 0.2) is 0 Å². The van der Waals surface area contributed by atoms with E-state index in [9.17, 15) is 4.79 Å². The van der Waals surface area contributed by atoms with E-state index in [1.165, 1.54) is 51.6 Å². The first-order chi connectivity index (χ1) is 8.79. The smallest absolute Gasteiger partial charge is 0.223 e. The molecule has 0 aromatic rings. The minimum Gasteiger partial charge on any atom is -0.343 e. The largest absolute Gasteiger partial charge is 0.343 e. The summed E-state index contributed by atoms with van der Waals surface area (Å²) >= 11 is 0. The molecule has 2 saturated heterocycles. The number of piperidine rings is 2. The second kappa shape index (κ2) is 7.13. The van der Waals surface area contributed by atoms with Gasteiger partial charge in [0.1, 0.15) is 0 Å². The summed E-state index contributed by atoms with van der Waals surface area (Å²) in [5.41, 5.74) is 0. The molecular formula is C15H28N2O. The summed E-state index contributed by atoms with van der Waals surface area (Å²) in [7, 11) is 0. The zero-order chi connectivity index (χ0) is 12.8. The van der Waals surface area contributed by atoms with Crippen molar-refractivity contribution in [2.45, 2.75) is 51.9 Å². The SMILES string of the molecule is CCC1CCN(C(=O)CCN2CCCCC2)CC1. The molecule has 2 heterocycles. The van der Waals surface area contributed by atoms with Crippen molar-refractivity contribution in [2.75, 3.05) is 32.7 Å². The third-order valence-electron chi connectivity index (χ3n) is 4.64. The molecule has 0 bridgehead atoms. The van der Waals surface area contributed by atoms with E-state index >= 15 is 0 Å². The van der Waals surface area contributed by atoms with Gasteiger partial charge >= 0.3 is 0 Å². The summed E-state index contributed by atoms with van der Waals surface area (Å²) in [5.74, 6) is 1.24. The van der Waals surface area contributed by atoms with Crippen molar-refractivity contribution in [1.29, 1.82) is 0 Å². The molecule has 3 heteroatoms. The molecule has 104 valence electrons. The molecular weight excluding hydrogens is 224 g/mol. The Hall–Kier alpha value is -0.570. The molecule has 0 aromatic heterocycles. The topological polar surface area (TPSA) is 23.6 Å². The molecule has 0 radical (unpaired) electrons. The fourth-order valence-electron chi connectivity index (χ4n) is 3.19. The minimum atomic E-state index is 0.384. The maximum absolute atomic E-state index is 12.1. The molecule has 0 aromatic carbocycles. The van der Waals surface area contributed by atoms with Gasteiger partial charge in [0.2, 0.25) is 5.91 Å². The monoisotopic (exact) mass is 252 g/mol. The van der Waals surface area contributed by atoms with E-state index in [4.69, 9.17) is 0 Å². The molecule has 2 fully saturated rings. The second-order valence-corrected chi connectivity index (χ2v) is 5.88. The van der Waals surface area contributed by atoms with Crippen LogP contribution in [0.5, 0.6) is 0 Å². The lowest BCUT2D eigenvalue weighted by Crippen LogP contribution is -2.40.